The summed E-state index contributed by atoms with van der Waals surface area (Å²) < 4.78 is 28.4. The molecule has 0 unspecified atom stereocenters. The van der Waals surface area contributed by atoms with Crippen molar-refractivity contribution in [2.24, 2.45) is 0 Å². The number of carbonyl (C=O) groups is 2. The Morgan fingerprint density at radius 2 is 1.73 bits per heavy atom. The predicted molar refractivity (Wildman–Crippen MR) is 56.6 cm³/mol. The van der Waals surface area contributed by atoms with E-state index in [2.05, 4.69) is 4.74 Å². The molecule has 0 saturated heterocycles. The van der Waals surface area contributed by atoms with Gasteiger partial charge in [0, 0.05) is 11.1 Å². The van der Waals surface area contributed by atoms with E-state index in [1.807, 2.05) is 0 Å². The molecular weight excluding hydrogens is 321 g/mol. The molecule has 0 radical (unpaired) electrons. The fraction of sp³-hybridized carbons (Fsp3) is 0.111. The average molecular weight is 326 g/mol. The summed E-state index contributed by atoms with van der Waals surface area (Å²) in [6, 6.07) is 2.43. The molecule has 0 aliphatic carbocycles. The second kappa shape index (κ2) is 5.15. The zero-order chi connectivity index (χ0) is 11.4. The molecule has 0 fully saturated rings. The lowest BCUT2D eigenvalue weighted by molar-refractivity contribution is -0.0504. The highest BCUT2D eigenvalue weighted by molar-refractivity contribution is 14.1. The maximum absolute atomic E-state index is 11.9. The van der Waals surface area contributed by atoms with E-state index in [0.717, 1.165) is 6.07 Å². The van der Waals surface area contributed by atoms with Crippen molar-refractivity contribution in [3.63, 3.8) is 0 Å². The second-order valence-electron chi connectivity index (χ2n) is 2.53. The molecular formula is C9H5F2IO3. The fourth-order valence-corrected chi connectivity index (χ4v) is 1.59. The van der Waals surface area contributed by atoms with Gasteiger partial charge in [0.15, 0.2) is 12.6 Å². The number of benzene rings is 1. The number of halogens is 3. The van der Waals surface area contributed by atoms with Gasteiger partial charge in [0.05, 0.1) is 3.57 Å². The van der Waals surface area contributed by atoms with Gasteiger partial charge in [-0.25, -0.2) is 0 Å². The smallest absolute Gasteiger partial charge is 0.387 e. The van der Waals surface area contributed by atoms with Crippen molar-refractivity contribution in [2.45, 2.75) is 6.61 Å². The number of carbonyl (C=O) groups excluding carboxylic acids is 2. The topological polar surface area (TPSA) is 43.4 Å². The molecule has 0 spiro atoms. The highest BCUT2D eigenvalue weighted by atomic mass is 127. The Balaban J connectivity index is 3.19. The first-order valence-corrected chi connectivity index (χ1v) is 4.85. The molecule has 1 aromatic carbocycles. The average Bonchev–Trinajstić information content (AvgIpc) is 2.19. The number of hydrogen-bond acceptors (Lipinski definition) is 3. The minimum absolute atomic E-state index is 0.0288. The zero-order valence-corrected chi connectivity index (χ0v) is 9.40. The van der Waals surface area contributed by atoms with Gasteiger partial charge in [0.1, 0.15) is 5.75 Å². The first kappa shape index (κ1) is 12.0. The Kier molecular flexibility index (Phi) is 4.13. The summed E-state index contributed by atoms with van der Waals surface area (Å²) in [7, 11) is 0. The quantitative estimate of drug-likeness (QED) is 0.631. The normalized spacial score (nSPS) is 10.1. The molecule has 6 heteroatoms. The van der Waals surface area contributed by atoms with E-state index in [0.29, 0.717) is 16.1 Å². The summed E-state index contributed by atoms with van der Waals surface area (Å²) in [6.45, 7) is -2.96. The molecule has 15 heavy (non-hydrogen) atoms. The first-order chi connectivity index (χ1) is 7.08. The van der Waals surface area contributed by atoms with Crippen molar-refractivity contribution >= 4 is 35.2 Å². The van der Waals surface area contributed by atoms with Gasteiger partial charge in [-0.05, 0) is 34.7 Å². The molecule has 3 nitrogen and oxygen atoms in total. The Labute approximate surface area is 97.6 Å². The molecule has 0 aliphatic heterocycles. The Hall–Kier alpha value is -1.05. The van der Waals surface area contributed by atoms with Crippen LogP contribution in [-0.2, 0) is 0 Å². The van der Waals surface area contributed by atoms with Crippen molar-refractivity contribution in [1.82, 2.24) is 0 Å². The van der Waals surface area contributed by atoms with Crippen LogP contribution < -0.4 is 4.74 Å². The van der Waals surface area contributed by atoms with Crippen LogP contribution >= 0.6 is 22.6 Å². The molecule has 0 amide bonds. The number of alkyl halides is 2. The SMILES string of the molecule is O=Cc1cc(I)c(OC(F)F)cc1C=O. The van der Waals surface area contributed by atoms with Gasteiger partial charge < -0.3 is 4.74 Å². The Morgan fingerprint density at radius 3 is 2.20 bits per heavy atom. The monoisotopic (exact) mass is 326 g/mol. The third kappa shape index (κ3) is 2.95. The minimum atomic E-state index is -2.96. The third-order valence-corrected chi connectivity index (χ3v) is 2.45. The summed E-state index contributed by atoms with van der Waals surface area (Å²) in [5.41, 5.74) is 0.178. The van der Waals surface area contributed by atoms with E-state index >= 15 is 0 Å². The summed E-state index contributed by atoms with van der Waals surface area (Å²) in [6.07, 6.45) is 0.899. The van der Waals surface area contributed by atoms with Crippen LogP contribution in [0.3, 0.4) is 0 Å². The van der Waals surface area contributed by atoms with Crippen LogP contribution in [0.4, 0.5) is 8.78 Å². The van der Waals surface area contributed by atoms with Gasteiger partial charge in [-0.1, -0.05) is 0 Å². The van der Waals surface area contributed by atoms with E-state index in [1.54, 1.807) is 22.6 Å². The molecule has 0 aromatic heterocycles. The summed E-state index contributed by atoms with van der Waals surface area (Å²) >= 11 is 1.74. The van der Waals surface area contributed by atoms with Crippen molar-refractivity contribution in [3.8, 4) is 5.75 Å². The molecule has 0 atom stereocenters. The van der Waals surface area contributed by atoms with E-state index in [9.17, 15) is 18.4 Å². The second-order valence-corrected chi connectivity index (χ2v) is 3.69. The van der Waals surface area contributed by atoms with Gasteiger partial charge in [-0.15, -0.1) is 0 Å². The van der Waals surface area contributed by atoms with Crippen molar-refractivity contribution in [1.29, 1.82) is 0 Å². The van der Waals surface area contributed by atoms with Gasteiger partial charge in [0.2, 0.25) is 0 Å². The number of hydrogen-bond donors (Lipinski definition) is 0. The van der Waals surface area contributed by atoms with Crippen molar-refractivity contribution in [3.05, 3.63) is 26.8 Å². The van der Waals surface area contributed by atoms with E-state index < -0.39 is 6.61 Å². The minimum Gasteiger partial charge on any atom is -0.434 e. The van der Waals surface area contributed by atoms with E-state index in [1.165, 1.54) is 6.07 Å². The van der Waals surface area contributed by atoms with Crippen molar-refractivity contribution < 1.29 is 23.1 Å². The van der Waals surface area contributed by atoms with Gasteiger partial charge in [-0.2, -0.15) is 8.78 Å². The highest BCUT2D eigenvalue weighted by Gasteiger charge is 2.12. The van der Waals surface area contributed by atoms with Crippen molar-refractivity contribution in [2.75, 3.05) is 0 Å². The van der Waals surface area contributed by atoms with E-state index in [4.69, 9.17) is 0 Å². The number of aldehydes is 2. The number of rotatable bonds is 4. The van der Waals surface area contributed by atoms with Crippen LogP contribution in [0.2, 0.25) is 0 Å². The molecule has 0 saturated carbocycles. The zero-order valence-electron chi connectivity index (χ0n) is 7.25. The van der Waals surface area contributed by atoms with Crippen LogP contribution in [0, 0.1) is 3.57 Å². The van der Waals surface area contributed by atoms with Crippen LogP contribution in [0.1, 0.15) is 20.7 Å². The number of ether oxygens (including phenoxy) is 1. The molecule has 0 bridgehead atoms. The summed E-state index contributed by atoms with van der Waals surface area (Å²) in [4.78, 5) is 21.1. The first-order valence-electron chi connectivity index (χ1n) is 3.77. The molecule has 0 aliphatic rings. The maximum Gasteiger partial charge on any atom is 0.387 e. The highest BCUT2D eigenvalue weighted by Crippen LogP contribution is 2.25. The standard InChI is InChI=1S/C9H5F2IO3/c10-9(11)15-8-2-6(4-14)5(3-13)1-7(8)12/h1-4,9H. The Morgan fingerprint density at radius 1 is 1.20 bits per heavy atom. The van der Waals surface area contributed by atoms with Crippen LogP contribution in [0.15, 0.2) is 12.1 Å². The van der Waals surface area contributed by atoms with Gasteiger partial charge >= 0.3 is 6.61 Å². The lowest BCUT2D eigenvalue weighted by atomic mass is 10.1. The van der Waals surface area contributed by atoms with Crippen LogP contribution in [-0.4, -0.2) is 19.2 Å². The summed E-state index contributed by atoms with van der Waals surface area (Å²) in [5, 5.41) is 0. The predicted octanol–water partition coefficient (Wildman–Crippen LogP) is 2.52. The molecule has 80 valence electrons. The third-order valence-electron chi connectivity index (χ3n) is 1.61. The fourth-order valence-electron chi connectivity index (χ4n) is 0.975. The maximum atomic E-state index is 11.9. The summed E-state index contributed by atoms with van der Waals surface area (Å²) in [5.74, 6) is -0.113. The lowest BCUT2D eigenvalue weighted by Crippen LogP contribution is -2.05. The molecule has 1 aromatic rings. The van der Waals surface area contributed by atoms with E-state index in [-0.39, 0.29) is 16.9 Å². The molecule has 0 N–H and O–H groups in total. The van der Waals surface area contributed by atoms with Gasteiger partial charge in [-0.3, -0.25) is 9.59 Å². The van der Waals surface area contributed by atoms with Crippen LogP contribution in [0.5, 0.6) is 5.75 Å². The molecule has 1 rings (SSSR count). The van der Waals surface area contributed by atoms with Gasteiger partial charge in [0.25, 0.3) is 0 Å². The van der Waals surface area contributed by atoms with Crippen LogP contribution in [0.25, 0.3) is 0 Å². The largest absolute Gasteiger partial charge is 0.434 e. The molecule has 0 heterocycles. The Bertz CT molecular complexity index is 393. The lowest BCUT2D eigenvalue weighted by Gasteiger charge is -2.08.